The predicted molar refractivity (Wildman–Crippen MR) is 75.9 cm³/mol. The summed E-state index contributed by atoms with van der Waals surface area (Å²) in [6.45, 7) is 0. The molecule has 0 aromatic heterocycles. The van der Waals surface area contributed by atoms with Crippen LogP contribution in [0.5, 0.6) is 11.5 Å². The lowest BCUT2D eigenvalue weighted by molar-refractivity contribution is -0.131. The van der Waals surface area contributed by atoms with Crippen LogP contribution in [0.2, 0.25) is 0 Å². The van der Waals surface area contributed by atoms with Crippen molar-refractivity contribution < 1.29 is 24.2 Å². The minimum absolute atomic E-state index is 0.00658. The smallest absolute Gasteiger partial charge is 0.377 e. The predicted octanol–water partition coefficient (Wildman–Crippen LogP) is 2.24. The molecule has 0 saturated carbocycles. The Balaban J connectivity index is 2.32. The first-order chi connectivity index (χ1) is 9.63. The monoisotopic (exact) mass is 296 g/mol. The highest BCUT2D eigenvalue weighted by atomic mass is 32.2. The molecule has 1 saturated heterocycles. The van der Waals surface area contributed by atoms with Crippen LogP contribution in [-0.2, 0) is 4.79 Å². The molecule has 1 aliphatic rings. The Morgan fingerprint density at radius 2 is 2.00 bits per heavy atom. The van der Waals surface area contributed by atoms with E-state index in [0.717, 1.165) is 24.3 Å². The van der Waals surface area contributed by atoms with Gasteiger partial charge in [-0.15, -0.1) is 0 Å². The Hall–Kier alpha value is -1.69. The lowest BCUT2D eigenvalue weighted by Crippen LogP contribution is -2.24. The fourth-order valence-electron chi connectivity index (χ4n) is 2.05. The van der Waals surface area contributed by atoms with Crippen molar-refractivity contribution in [1.82, 2.24) is 0 Å². The molecule has 2 rings (SSSR count). The van der Waals surface area contributed by atoms with E-state index in [1.54, 1.807) is 12.1 Å². The summed E-state index contributed by atoms with van der Waals surface area (Å²) in [6.07, 6.45) is 1.75. The summed E-state index contributed by atoms with van der Waals surface area (Å²) >= 11 is 1.86. The van der Waals surface area contributed by atoms with Gasteiger partial charge in [0.15, 0.2) is 11.5 Å². The highest BCUT2D eigenvalue weighted by Crippen LogP contribution is 2.34. The SMILES string of the molecule is COc1cccc(C(=O)C(=O)O)c1OC1CCSCC1. The van der Waals surface area contributed by atoms with Gasteiger partial charge < -0.3 is 14.6 Å². The Bertz CT molecular complexity index is 508. The molecule has 1 heterocycles. The highest BCUT2D eigenvalue weighted by molar-refractivity contribution is 7.99. The first-order valence-electron chi connectivity index (χ1n) is 6.32. The minimum atomic E-state index is -1.50. The number of carbonyl (C=O) groups is 2. The van der Waals surface area contributed by atoms with Crippen molar-refractivity contribution in [2.24, 2.45) is 0 Å². The van der Waals surface area contributed by atoms with Gasteiger partial charge in [-0.3, -0.25) is 4.79 Å². The molecular formula is C14H16O5S. The van der Waals surface area contributed by atoms with Gasteiger partial charge in [0.25, 0.3) is 5.78 Å². The second-order valence-corrected chi connectivity index (χ2v) is 5.63. The number of para-hydroxylation sites is 1. The van der Waals surface area contributed by atoms with E-state index in [0.29, 0.717) is 5.75 Å². The molecule has 0 unspecified atom stereocenters. The van der Waals surface area contributed by atoms with Crippen molar-refractivity contribution in [3.8, 4) is 11.5 Å². The number of carbonyl (C=O) groups excluding carboxylic acids is 1. The number of Topliss-reactive ketones (excluding diaryl/α,β-unsaturated/α-hetero) is 1. The zero-order chi connectivity index (χ0) is 14.5. The van der Waals surface area contributed by atoms with Gasteiger partial charge in [0.05, 0.1) is 12.7 Å². The van der Waals surface area contributed by atoms with Gasteiger partial charge in [0, 0.05) is 0 Å². The first-order valence-corrected chi connectivity index (χ1v) is 7.48. The maximum absolute atomic E-state index is 11.7. The van der Waals surface area contributed by atoms with Crippen molar-refractivity contribution in [2.75, 3.05) is 18.6 Å². The standard InChI is InChI=1S/C14H16O5S/c1-18-11-4-2-3-10(12(15)14(16)17)13(11)19-9-5-7-20-8-6-9/h2-4,9H,5-8H2,1H3,(H,16,17). The molecule has 0 spiro atoms. The highest BCUT2D eigenvalue weighted by Gasteiger charge is 2.25. The summed E-state index contributed by atoms with van der Waals surface area (Å²) in [5.41, 5.74) is 0.0371. The number of hydrogen-bond acceptors (Lipinski definition) is 5. The van der Waals surface area contributed by atoms with Crippen LogP contribution in [0.25, 0.3) is 0 Å². The molecule has 0 radical (unpaired) electrons. The van der Waals surface area contributed by atoms with Gasteiger partial charge in [0.2, 0.25) is 0 Å². The molecule has 108 valence electrons. The lowest BCUT2D eigenvalue weighted by Gasteiger charge is -2.24. The zero-order valence-corrected chi connectivity index (χ0v) is 11.9. The second kappa shape index (κ2) is 6.65. The van der Waals surface area contributed by atoms with E-state index in [1.807, 2.05) is 11.8 Å². The fourth-order valence-corrected chi connectivity index (χ4v) is 3.12. The van der Waals surface area contributed by atoms with Crippen molar-refractivity contribution in [1.29, 1.82) is 0 Å². The van der Waals surface area contributed by atoms with Gasteiger partial charge in [0.1, 0.15) is 6.10 Å². The Morgan fingerprint density at radius 3 is 2.60 bits per heavy atom. The molecule has 1 aliphatic heterocycles. The number of thioether (sulfide) groups is 1. The quantitative estimate of drug-likeness (QED) is 0.663. The third-order valence-electron chi connectivity index (χ3n) is 3.09. The van der Waals surface area contributed by atoms with E-state index in [4.69, 9.17) is 14.6 Å². The van der Waals surface area contributed by atoms with E-state index >= 15 is 0 Å². The zero-order valence-electron chi connectivity index (χ0n) is 11.1. The maximum Gasteiger partial charge on any atom is 0.377 e. The van der Waals surface area contributed by atoms with Crippen LogP contribution in [0.4, 0.5) is 0 Å². The largest absolute Gasteiger partial charge is 0.493 e. The van der Waals surface area contributed by atoms with Crippen LogP contribution < -0.4 is 9.47 Å². The normalized spacial score (nSPS) is 15.7. The Kier molecular flexibility index (Phi) is 4.89. The maximum atomic E-state index is 11.7. The van der Waals surface area contributed by atoms with E-state index < -0.39 is 11.8 Å². The molecular weight excluding hydrogens is 280 g/mol. The molecule has 20 heavy (non-hydrogen) atoms. The molecule has 1 fully saturated rings. The third kappa shape index (κ3) is 3.25. The average Bonchev–Trinajstić information content (AvgIpc) is 2.47. The van der Waals surface area contributed by atoms with Gasteiger partial charge in [-0.2, -0.15) is 11.8 Å². The fraction of sp³-hybridized carbons (Fsp3) is 0.429. The number of aliphatic carboxylic acids is 1. The van der Waals surface area contributed by atoms with Crippen LogP contribution in [-0.4, -0.2) is 41.6 Å². The molecule has 0 amide bonds. The summed E-state index contributed by atoms with van der Waals surface area (Å²) in [7, 11) is 1.47. The molecule has 0 aliphatic carbocycles. The number of rotatable bonds is 5. The van der Waals surface area contributed by atoms with Gasteiger partial charge >= 0.3 is 5.97 Å². The summed E-state index contributed by atoms with van der Waals surface area (Å²) in [6, 6.07) is 4.69. The summed E-state index contributed by atoms with van der Waals surface area (Å²) in [5.74, 6) is 0.144. The van der Waals surface area contributed by atoms with Crippen LogP contribution in [0.15, 0.2) is 18.2 Å². The average molecular weight is 296 g/mol. The summed E-state index contributed by atoms with van der Waals surface area (Å²) < 4.78 is 11.0. The van der Waals surface area contributed by atoms with E-state index in [1.165, 1.54) is 13.2 Å². The number of ketones is 1. The number of carboxylic acids is 1. The summed E-state index contributed by atoms with van der Waals surface area (Å²) in [4.78, 5) is 22.6. The third-order valence-corrected chi connectivity index (χ3v) is 4.14. The number of hydrogen-bond donors (Lipinski definition) is 1. The van der Waals surface area contributed by atoms with Crippen molar-refractivity contribution in [3.05, 3.63) is 23.8 Å². The van der Waals surface area contributed by atoms with Crippen molar-refractivity contribution >= 4 is 23.5 Å². The number of carboxylic acid groups (broad SMARTS) is 1. The Labute approximate surface area is 121 Å². The number of methoxy groups -OCH3 is 1. The number of ether oxygens (including phenoxy) is 2. The molecule has 0 bridgehead atoms. The summed E-state index contributed by atoms with van der Waals surface area (Å²) in [5, 5.41) is 8.88. The van der Waals surface area contributed by atoms with Gasteiger partial charge in [-0.05, 0) is 36.5 Å². The number of benzene rings is 1. The van der Waals surface area contributed by atoms with Gasteiger partial charge in [-0.1, -0.05) is 6.07 Å². The van der Waals surface area contributed by atoms with Crippen molar-refractivity contribution in [3.63, 3.8) is 0 Å². The molecule has 1 aromatic carbocycles. The van der Waals surface area contributed by atoms with E-state index in [2.05, 4.69) is 0 Å². The van der Waals surface area contributed by atoms with Crippen LogP contribution in [0.3, 0.4) is 0 Å². The van der Waals surface area contributed by atoms with Crippen LogP contribution in [0.1, 0.15) is 23.2 Å². The lowest BCUT2D eigenvalue weighted by atomic mass is 10.1. The topological polar surface area (TPSA) is 72.8 Å². The molecule has 1 N–H and O–H groups in total. The van der Waals surface area contributed by atoms with Crippen molar-refractivity contribution in [2.45, 2.75) is 18.9 Å². The van der Waals surface area contributed by atoms with Crippen LogP contribution >= 0.6 is 11.8 Å². The Morgan fingerprint density at radius 1 is 1.30 bits per heavy atom. The molecule has 0 atom stereocenters. The minimum Gasteiger partial charge on any atom is -0.493 e. The molecule has 6 heteroatoms. The molecule has 5 nitrogen and oxygen atoms in total. The van der Waals surface area contributed by atoms with Gasteiger partial charge in [-0.25, -0.2) is 4.79 Å². The first kappa shape index (κ1) is 14.7. The van der Waals surface area contributed by atoms with E-state index in [9.17, 15) is 9.59 Å². The molecule has 1 aromatic rings. The van der Waals surface area contributed by atoms with Crippen LogP contribution in [0, 0.1) is 0 Å². The van der Waals surface area contributed by atoms with E-state index in [-0.39, 0.29) is 17.4 Å². The second-order valence-electron chi connectivity index (χ2n) is 4.40.